The molecule has 7 rings (SSSR count). The van der Waals surface area contributed by atoms with E-state index in [1.807, 2.05) is 0 Å². The molecule has 174 valence electrons. The molecule has 33 heavy (non-hydrogen) atoms. The number of ketones is 1. The molecular formula is C26H33N5O2. The summed E-state index contributed by atoms with van der Waals surface area (Å²) in [6, 6.07) is 4.42. The first-order chi connectivity index (χ1) is 15.6. The molecule has 1 N–H and O–H groups in total. The van der Waals surface area contributed by atoms with Gasteiger partial charge in [0.2, 0.25) is 5.78 Å². The van der Waals surface area contributed by atoms with Crippen molar-refractivity contribution in [2.45, 2.75) is 50.9 Å². The highest BCUT2D eigenvalue weighted by atomic mass is 16.5. The molecule has 6 aliphatic rings. The summed E-state index contributed by atoms with van der Waals surface area (Å²) in [6.45, 7) is 6.88. The normalized spacial score (nSPS) is 37.0. The van der Waals surface area contributed by atoms with Gasteiger partial charge in [0.15, 0.2) is 11.5 Å². The Morgan fingerprint density at radius 2 is 1.64 bits per heavy atom. The summed E-state index contributed by atoms with van der Waals surface area (Å²) in [7, 11) is 8.62. The monoisotopic (exact) mass is 447 g/mol. The predicted octanol–water partition coefficient (Wildman–Crippen LogP) is 2.91. The number of Topliss-reactive ketones (excluding diaryl/α,β-unsaturated/α-hetero) is 1. The van der Waals surface area contributed by atoms with Gasteiger partial charge in [0.25, 0.3) is 0 Å². The molecule has 5 heterocycles. The zero-order chi connectivity index (χ0) is 23.0. The van der Waals surface area contributed by atoms with Crippen molar-refractivity contribution in [2.24, 2.45) is 5.41 Å². The number of nitrogens with zero attached hydrogens (tertiary/aromatic N) is 4. The van der Waals surface area contributed by atoms with Crippen LogP contribution in [0.1, 0.15) is 38.7 Å². The van der Waals surface area contributed by atoms with Gasteiger partial charge in [0.05, 0.1) is 29.4 Å². The van der Waals surface area contributed by atoms with Crippen LogP contribution in [0.3, 0.4) is 0 Å². The molecule has 4 atom stereocenters. The van der Waals surface area contributed by atoms with E-state index >= 15 is 0 Å². The second-order valence-corrected chi connectivity index (χ2v) is 11.5. The van der Waals surface area contributed by atoms with Crippen molar-refractivity contribution in [1.29, 1.82) is 0 Å². The van der Waals surface area contributed by atoms with Gasteiger partial charge in [-0.15, -0.1) is 0 Å². The lowest BCUT2D eigenvalue weighted by Gasteiger charge is -2.34. The number of rotatable bonds is 0. The minimum absolute atomic E-state index is 0.00472. The van der Waals surface area contributed by atoms with Crippen molar-refractivity contribution < 1.29 is 9.53 Å². The van der Waals surface area contributed by atoms with E-state index in [1.54, 1.807) is 0 Å². The van der Waals surface area contributed by atoms with E-state index in [1.165, 1.54) is 16.8 Å². The second-order valence-electron chi connectivity index (χ2n) is 11.5. The largest absolute Gasteiger partial charge is 0.449 e. The molecule has 5 aliphatic heterocycles. The Bertz CT molecular complexity index is 1200. The van der Waals surface area contributed by atoms with Gasteiger partial charge in [0.1, 0.15) is 0 Å². The quantitative estimate of drug-likeness (QED) is 0.656. The molecule has 2 saturated heterocycles. The van der Waals surface area contributed by atoms with E-state index in [9.17, 15) is 4.79 Å². The molecule has 1 aromatic carbocycles. The van der Waals surface area contributed by atoms with Crippen LogP contribution in [-0.2, 0) is 10.2 Å². The van der Waals surface area contributed by atoms with E-state index in [0.717, 1.165) is 55.2 Å². The van der Waals surface area contributed by atoms with E-state index in [-0.39, 0.29) is 22.8 Å². The number of likely N-dealkylation sites (tertiary alicyclic amines) is 2. The van der Waals surface area contributed by atoms with Gasteiger partial charge in [-0.3, -0.25) is 14.6 Å². The smallest absolute Gasteiger partial charge is 0.246 e. The average molecular weight is 448 g/mol. The summed E-state index contributed by atoms with van der Waals surface area (Å²) in [5.41, 5.74) is 6.73. The van der Waals surface area contributed by atoms with Crippen LogP contribution in [0.5, 0.6) is 5.75 Å². The van der Waals surface area contributed by atoms with Crippen molar-refractivity contribution in [3.05, 3.63) is 40.4 Å². The van der Waals surface area contributed by atoms with Crippen LogP contribution in [0.25, 0.3) is 0 Å². The zero-order valence-corrected chi connectivity index (χ0v) is 20.5. The van der Waals surface area contributed by atoms with Gasteiger partial charge in [-0.1, -0.05) is 13.8 Å². The molecule has 4 unspecified atom stereocenters. The molecule has 0 aromatic heterocycles. The molecule has 0 spiro atoms. The Kier molecular flexibility index (Phi) is 3.58. The number of nitrogens with one attached hydrogen (secondary N) is 1. The van der Waals surface area contributed by atoms with E-state index in [2.05, 4.69) is 79.1 Å². The van der Waals surface area contributed by atoms with Crippen LogP contribution >= 0.6 is 0 Å². The summed E-state index contributed by atoms with van der Waals surface area (Å²) in [5, 5.41) is 3.65. The van der Waals surface area contributed by atoms with Crippen LogP contribution in [-0.4, -0.2) is 74.1 Å². The lowest BCUT2D eigenvalue weighted by Crippen LogP contribution is -2.45. The predicted molar refractivity (Wildman–Crippen MR) is 128 cm³/mol. The maximum atomic E-state index is 13.7. The fourth-order valence-corrected chi connectivity index (χ4v) is 8.12. The Hall–Kier alpha value is -2.51. The van der Waals surface area contributed by atoms with Gasteiger partial charge < -0.3 is 19.9 Å². The molecule has 0 bridgehead atoms. The molecule has 0 amide bonds. The number of ether oxygens (including phenoxy) is 1. The number of likely N-dealkylation sites (N-methyl/N-ethyl adjacent to an activating group) is 3. The fourth-order valence-electron chi connectivity index (χ4n) is 8.12. The van der Waals surface area contributed by atoms with Crippen LogP contribution < -0.4 is 15.0 Å². The topological polar surface area (TPSA) is 51.3 Å². The highest BCUT2D eigenvalue weighted by Crippen LogP contribution is 2.57. The number of hydrogen-bond acceptors (Lipinski definition) is 7. The lowest BCUT2D eigenvalue weighted by molar-refractivity contribution is -0.116. The van der Waals surface area contributed by atoms with Gasteiger partial charge in [-0.2, -0.15) is 0 Å². The van der Waals surface area contributed by atoms with Gasteiger partial charge >= 0.3 is 0 Å². The van der Waals surface area contributed by atoms with E-state index < -0.39 is 0 Å². The zero-order valence-electron chi connectivity index (χ0n) is 20.5. The van der Waals surface area contributed by atoms with Crippen molar-refractivity contribution in [2.75, 3.05) is 51.5 Å². The number of hydrogen-bond donors (Lipinski definition) is 1. The lowest BCUT2D eigenvalue weighted by atomic mass is 9.76. The third-order valence-corrected chi connectivity index (χ3v) is 9.64. The van der Waals surface area contributed by atoms with Crippen molar-refractivity contribution in [1.82, 2.24) is 14.7 Å². The first-order valence-corrected chi connectivity index (χ1v) is 12.2. The highest BCUT2D eigenvalue weighted by Gasteiger charge is 2.57. The molecule has 7 nitrogen and oxygen atoms in total. The molecule has 1 aliphatic carbocycles. The number of anilines is 2. The highest BCUT2D eigenvalue weighted by molar-refractivity contribution is 6.10. The molecule has 2 fully saturated rings. The number of carbonyl (C=O) groups excluding carboxylic acids is 1. The number of allylic oxidation sites excluding steroid dienone is 1. The Balaban J connectivity index is 1.28. The molecule has 7 heteroatoms. The van der Waals surface area contributed by atoms with Gasteiger partial charge in [0, 0.05) is 56.2 Å². The Morgan fingerprint density at radius 1 is 0.970 bits per heavy atom. The van der Waals surface area contributed by atoms with Crippen molar-refractivity contribution >= 4 is 17.2 Å². The van der Waals surface area contributed by atoms with Crippen molar-refractivity contribution in [3.63, 3.8) is 0 Å². The Labute approximate surface area is 195 Å². The van der Waals surface area contributed by atoms with Crippen molar-refractivity contribution in [3.8, 4) is 5.75 Å². The summed E-state index contributed by atoms with van der Waals surface area (Å²) >= 11 is 0. The second kappa shape index (κ2) is 5.94. The van der Waals surface area contributed by atoms with E-state index in [0.29, 0.717) is 11.9 Å². The summed E-state index contributed by atoms with van der Waals surface area (Å²) in [6.07, 6.45) is 3.58. The number of fused-ring (bicyclic) bond motifs is 6. The maximum absolute atomic E-state index is 13.7. The molecule has 0 saturated carbocycles. The molecule has 1 aromatic rings. The maximum Gasteiger partial charge on any atom is 0.246 e. The fraction of sp³-hybridized carbons (Fsp3) is 0.577. The number of benzene rings is 1. The molecular weight excluding hydrogens is 414 g/mol. The summed E-state index contributed by atoms with van der Waals surface area (Å²) < 4.78 is 6.39. The standard InChI is InChI=1S/C26H33N5O2/c1-25-7-9-28(3)23(25)30(5)18-13-19-16(11-14(18)25)27-17-12-15-20(21(32)22(17)33-19)31(6)24-26(15,2)8-10-29(24)4/h11,13,23-24,27H,7-10,12H2,1-6H3. The number of carbonyl (C=O) groups is 1. The minimum Gasteiger partial charge on any atom is -0.449 e. The van der Waals surface area contributed by atoms with Gasteiger partial charge in [-0.05, 0) is 44.1 Å². The summed E-state index contributed by atoms with van der Waals surface area (Å²) in [5.74, 6) is 1.25. The first kappa shape index (κ1) is 19.9. The van der Waals surface area contributed by atoms with Crippen LogP contribution in [0.15, 0.2) is 34.9 Å². The third-order valence-electron chi connectivity index (χ3n) is 9.64. The average Bonchev–Trinajstić information content (AvgIpc) is 3.40. The van der Waals surface area contributed by atoms with Crippen LogP contribution in [0.2, 0.25) is 0 Å². The van der Waals surface area contributed by atoms with Gasteiger partial charge in [-0.25, -0.2) is 0 Å². The molecule has 0 radical (unpaired) electrons. The van der Waals surface area contributed by atoms with Crippen LogP contribution in [0, 0.1) is 5.41 Å². The van der Waals surface area contributed by atoms with E-state index in [4.69, 9.17) is 4.74 Å². The first-order valence-electron chi connectivity index (χ1n) is 12.2. The SMILES string of the molecule is CN1CCC2(C)C3=C(C(=O)C4=C(C3)Nc3cc5c(cc3O4)N(C)C3N(C)CCC53C)N(C)C12. The minimum atomic E-state index is 0.00472. The summed E-state index contributed by atoms with van der Waals surface area (Å²) in [4.78, 5) is 23.1. The van der Waals surface area contributed by atoms with Crippen LogP contribution in [0.4, 0.5) is 11.4 Å². The third kappa shape index (κ3) is 2.16. The Morgan fingerprint density at radius 3 is 2.36 bits per heavy atom.